The van der Waals surface area contributed by atoms with Crippen LogP contribution in [0.3, 0.4) is 0 Å². The average molecular weight is 520 g/mol. The number of halogens is 5. The molecular weight excluding hydrogens is 495 g/mol. The van der Waals surface area contributed by atoms with Gasteiger partial charge in [-0.1, -0.05) is 54.6 Å². The summed E-state index contributed by atoms with van der Waals surface area (Å²) in [5.41, 5.74) is -0.181. The first kappa shape index (κ1) is 26.2. The molecule has 1 unspecified atom stereocenters. The fourth-order valence-corrected chi connectivity index (χ4v) is 4.68. The van der Waals surface area contributed by atoms with Crippen LogP contribution >= 0.6 is 0 Å². The maximum Gasteiger partial charge on any atom is 0.573 e. The smallest absolute Gasteiger partial charge is 0.508 e. The van der Waals surface area contributed by atoms with Crippen molar-refractivity contribution in [3.63, 3.8) is 0 Å². The van der Waals surface area contributed by atoms with Crippen molar-refractivity contribution in [1.82, 2.24) is 10.6 Å². The highest BCUT2D eigenvalue weighted by molar-refractivity contribution is 5.76. The number of benzene rings is 3. The molecule has 1 saturated carbocycles. The number of aromatic hydroxyl groups is 1. The van der Waals surface area contributed by atoms with E-state index in [0.29, 0.717) is 5.56 Å². The molecule has 4 rings (SSSR count). The molecule has 3 aromatic rings. The summed E-state index contributed by atoms with van der Waals surface area (Å²) in [5, 5.41) is 15.7. The van der Waals surface area contributed by atoms with E-state index in [4.69, 9.17) is 0 Å². The molecule has 37 heavy (non-hydrogen) atoms. The molecule has 0 aliphatic heterocycles. The maximum atomic E-state index is 13.7. The third kappa shape index (κ3) is 6.69. The van der Waals surface area contributed by atoms with E-state index < -0.39 is 42.1 Å². The van der Waals surface area contributed by atoms with Crippen molar-refractivity contribution in [2.24, 2.45) is 0 Å². The SMILES string of the molecule is O=C(N[C@@H]1CCC(F)(F)C1)NC(Cc1ccccc1)(c1cccc(O)c1)c1cccc(OC(F)(F)F)c1. The van der Waals surface area contributed by atoms with Gasteiger partial charge in [0.25, 0.3) is 0 Å². The number of phenols is 1. The average Bonchev–Trinajstić information content (AvgIpc) is 3.16. The summed E-state index contributed by atoms with van der Waals surface area (Å²) in [6.07, 6.45) is -5.64. The Balaban J connectivity index is 1.80. The first-order valence-electron chi connectivity index (χ1n) is 11.6. The van der Waals surface area contributed by atoms with Crippen molar-refractivity contribution in [2.75, 3.05) is 0 Å². The van der Waals surface area contributed by atoms with E-state index in [2.05, 4.69) is 15.4 Å². The van der Waals surface area contributed by atoms with E-state index in [0.717, 1.165) is 17.7 Å². The van der Waals surface area contributed by atoms with Crippen LogP contribution in [0.2, 0.25) is 0 Å². The van der Waals surface area contributed by atoms with Gasteiger partial charge in [0.15, 0.2) is 0 Å². The molecule has 196 valence electrons. The van der Waals surface area contributed by atoms with Crippen LogP contribution in [0, 0.1) is 0 Å². The van der Waals surface area contributed by atoms with Crippen LogP contribution in [0.25, 0.3) is 0 Å². The van der Waals surface area contributed by atoms with Crippen LogP contribution in [0.4, 0.5) is 26.7 Å². The van der Waals surface area contributed by atoms with Crippen LogP contribution in [0.15, 0.2) is 78.9 Å². The van der Waals surface area contributed by atoms with Gasteiger partial charge in [-0.25, -0.2) is 13.6 Å². The lowest BCUT2D eigenvalue weighted by molar-refractivity contribution is -0.274. The van der Waals surface area contributed by atoms with Gasteiger partial charge in [-0.3, -0.25) is 0 Å². The summed E-state index contributed by atoms with van der Waals surface area (Å²) in [6.45, 7) is 0. The van der Waals surface area contributed by atoms with Crippen molar-refractivity contribution < 1.29 is 36.6 Å². The molecule has 3 aromatic carbocycles. The van der Waals surface area contributed by atoms with E-state index in [1.54, 1.807) is 36.4 Å². The number of rotatable bonds is 7. The molecule has 1 fully saturated rings. The topological polar surface area (TPSA) is 70.6 Å². The van der Waals surface area contributed by atoms with Crippen molar-refractivity contribution in [3.05, 3.63) is 95.6 Å². The lowest BCUT2D eigenvalue weighted by atomic mass is 9.77. The highest BCUT2D eigenvalue weighted by atomic mass is 19.4. The zero-order chi connectivity index (χ0) is 26.7. The first-order valence-corrected chi connectivity index (χ1v) is 11.6. The Morgan fingerprint density at radius 2 is 1.65 bits per heavy atom. The number of carbonyl (C=O) groups is 1. The molecule has 2 amide bonds. The Kier molecular flexibility index (Phi) is 7.29. The molecule has 5 nitrogen and oxygen atoms in total. The molecule has 0 bridgehead atoms. The molecule has 10 heteroatoms. The summed E-state index contributed by atoms with van der Waals surface area (Å²) in [7, 11) is 0. The second-order valence-electron chi connectivity index (χ2n) is 9.09. The van der Waals surface area contributed by atoms with Crippen LogP contribution in [-0.2, 0) is 12.0 Å². The number of carbonyl (C=O) groups excluding carboxylic acids is 1. The van der Waals surface area contributed by atoms with Gasteiger partial charge >= 0.3 is 12.4 Å². The predicted molar refractivity (Wildman–Crippen MR) is 126 cm³/mol. The molecule has 0 radical (unpaired) electrons. The third-order valence-electron chi connectivity index (χ3n) is 6.28. The lowest BCUT2D eigenvalue weighted by Gasteiger charge is -2.37. The fourth-order valence-electron chi connectivity index (χ4n) is 4.68. The summed E-state index contributed by atoms with van der Waals surface area (Å²) >= 11 is 0. The van der Waals surface area contributed by atoms with Gasteiger partial charge < -0.3 is 20.5 Å². The van der Waals surface area contributed by atoms with Gasteiger partial charge in [0.2, 0.25) is 5.92 Å². The van der Waals surface area contributed by atoms with Gasteiger partial charge in [0, 0.05) is 25.3 Å². The standard InChI is InChI=1S/C27H25F5N2O3/c28-25(29)13-12-21(17-25)33-24(36)34-26(16-18-6-2-1-3-7-18,19-8-4-10-22(35)14-19)20-9-5-11-23(15-20)37-27(30,31)32/h1-11,14-15,21,35H,12-13,16-17H2,(H2,33,34,36)/t21-,26?/m1/s1. The molecule has 0 aromatic heterocycles. The Morgan fingerprint density at radius 3 is 2.27 bits per heavy atom. The molecule has 1 aliphatic rings. The summed E-state index contributed by atoms with van der Waals surface area (Å²) < 4.78 is 70.5. The third-order valence-corrected chi connectivity index (χ3v) is 6.28. The second-order valence-corrected chi connectivity index (χ2v) is 9.09. The Bertz CT molecular complexity index is 1240. The molecule has 0 saturated heterocycles. The minimum atomic E-state index is -4.94. The van der Waals surface area contributed by atoms with E-state index in [9.17, 15) is 31.9 Å². The highest BCUT2D eigenvalue weighted by Crippen LogP contribution is 2.38. The van der Waals surface area contributed by atoms with Crippen molar-refractivity contribution in [1.29, 1.82) is 0 Å². The summed E-state index contributed by atoms with van der Waals surface area (Å²) in [6, 6.07) is 18.5. The molecule has 3 N–H and O–H groups in total. The first-order chi connectivity index (χ1) is 17.4. The molecule has 1 aliphatic carbocycles. The van der Waals surface area contributed by atoms with Crippen molar-refractivity contribution >= 4 is 6.03 Å². The number of ether oxygens (including phenoxy) is 1. The Labute approximate surface area is 210 Å². The van der Waals surface area contributed by atoms with Crippen molar-refractivity contribution in [2.45, 2.75) is 49.5 Å². The Hall–Kier alpha value is -3.82. The number of urea groups is 1. The minimum absolute atomic E-state index is 0.0704. The number of amides is 2. The zero-order valence-corrected chi connectivity index (χ0v) is 19.6. The second kappa shape index (κ2) is 10.3. The number of hydrogen-bond acceptors (Lipinski definition) is 3. The van der Waals surface area contributed by atoms with E-state index in [-0.39, 0.29) is 30.6 Å². The van der Waals surface area contributed by atoms with E-state index in [1.165, 1.54) is 30.3 Å². The van der Waals surface area contributed by atoms with Gasteiger partial charge in [-0.05, 0) is 47.4 Å². The van der Waals surface area contributed by atoms with E-state index in [1.807, 2.05) is 0 Å². The maximum absolute atomic E-state index is 13.7. The summed E-state index contributed by atoms with van der Waals surface area (Å²) in [4.78, 5) is 13.2. The number of alkyl halides is 5. The molecule has 0 spiro atoms. The molecule has 0 heterocycles. The normalized spacial score (nSPS) is 18.6. The number of phenolic OH excluding ortho intramolecular Hbond substituents is 1. The number of nitrogens with one attached hydrogen (secondary N) is 2. The molecular formula is C27H25F5N2O3. The van der Waals surface area contributed by atoms with Crippen molar-refractivity contribution in [3.8, 4) is 11.5 Å². The van der Waals surface area contributed by atoms with Crippen LogP contribution < -0.4 is 15.4 Å². The fraction of sp³-hybridized carbons (Fsp3) is 0.296. The predicted octanol–water partition coefficient (Wildman–Crippen LogP) is 6.26. The minimum Gasteiger partial charge on any atom is -0.508 e. The lowest BCUT2D eigenvalue weighted by Crippen LogP contribution is -2.53. The highest BCUT2D eigenvalue weighted by Gasteiger charge is 2.42. The zero-order valence-electron chi connectivity index (χ0n) is 19.6. The van der Waals surface area contributed by atoms with Crippen LogP contribution in [0.5, 0.6) is 11.5 Å². The van der Waals surface area contributed by atoms with Crippen LogP contribution in [0.1, 0.15) is 36.0 Å². The summed E-state index contributed by atoms with van der Waals surface area (Å²) in [5.74, 6) is -3.51. The van der Waals surface area contributed by atoms with Crippen LogP contribution in [-0.4, -0.2) is 29.5 Å². The quantitative estimate of drug-likeness (QED) is 0.322. The van der Waals surface area contributed by atoms with E-state index >= 15 is 0 Å². The van der Waals surface area contributed by atoms with Gasteiger partial charge in [0.05, 0.1) is 5.54 Å². The monoisotopic (exact) mass is 520 g/mol. The van der Waals surface area contributed by atoms with Gasteiger partial charge in [-0.15, -0.1) is 13.2 Å². The number of hydrogen-bond donors (Lipinski definition) is 3. The van der Waals surface area contributed by atoms with Gasteiger partial charge in [0.1, 0.15) is 11.5 Å². The largest absolute Gasteiger partial charge is 0.573 e. The molecule has 2 atom stereocenters. The van der Waals surface area contributed by atoms with Gasteiger partial charge in [-0.2, -0.15) is 0 Å². The Morgan fingerprint density at radius 1 is 0.973 bits per heavy atom.